The van der Waals surface area contributed by atoms with E-state index >= 15 is 0 Å². The SMILES string of the molecule is Cc1cccc(C(C)C)c1NC(=O)CN1C[C@@H](C(=O)N2CCOCC2)Oc2ccccc21. The van der Waals surface area contributed by atoms with Crippen molar-refractivity contribution < 1.29 is 19.1 Å². The van der Waals surface area contributed by atoms with Crippen LogP contribution >= 0.6 is 0 Å². The molecular weight excluding hydrogens is 406 g/mol. The highest BCUT2D eigenvalue weighted by Gasteiger charge is 2.34. The Morgan fingerprint density at radius 2 is 1.84 bits per heavy atom. The van der Waals surface area contributed by atoms with Crippen molar-refractivity contribution in [1.82, 2.24) is 4.90 Å². The van der Waals surface area contributed by atoms with E-state index in [0.717, 1.165) is 22.5 Å². The monoisotopic (exact) mass is 437 g/mol. The van der Waals surface area contributed by atoms with Crippen molar-refractivity contribution in [3.05, 3.63) is 53.6 Å². The number of amides is 2. The third-order valence-electron chi connectivity index (χ3n) is 5.99. The van der Waals surface area contributed by atoms with Gasteiger partial charge in [0, 0.05) is 18.8 Å². The smallest absolute Gasteiger partial charge is 0.265 e. The number of para-hydroxylation sites is 3. The molecule has 7 heteroatoms. The molecule has 2 aromatic carbocycles. The number of morpholine rings is 1. The lowest BCUT2D eigenvalue weighted by Gasteiger charge is -2.38. The van der Waals surface area contributed by atoms with Crippen molar-refractivity contribution in [2.75, 3.05) is 49.6 Å². The number of carbonyl (C=O) groups excluding carboxylic acids is 2. The normalized spacial score (nSPS) is 18.2. The van der Waals surface area contributed by atoms with Crippen LogP contribution in [0.3, 0.4) is 0 Å². The van der Waals surface area contributed by atoms with Gasteiger partial charge in [-0.15, -0.1) is 0 Å². The van der Waals surface area contributed by atoms with Crippen LogP contribution in [0, 0.1) is 6.92 Å². The molecule has 0 aliphatic carbocycles. The minimum Gasteiger partial charge on any atom is -0.477 e. The third kappa shape index (κ3) is 4.72. The Hall–Kier alpha value is -3.06. The van der Waals surface area contributed by atoms with Crippen molar-refractivity contribution in [2.24, 2.45) is 0 Å². The van der Waals surface area contributed by atoms with Crippen LogP contribution in [0.15, 0.2) is 42.5 Å². The van der Waals surface area contributed by atoms with Gasteiger partial charge >= 0.3 is 0 Å². The predicted molar refractivity (Wildman–Crippen MR) is 124 cm³/mol. The Bertz CT molecular complexity index is 985. The van der Waals surface area contributed by atoms with Crippen LogP contribution in [0.2, 0.25) is 0 Å². The van der Waals surface area contributed by atoms with Gasteiger partial charge in [0.1, 0.15) is 5.75 Å². The van der Waals surface area contributed by atoms with E-state index < -0.39 is 6.10 Å². The second-order valence-corrected chi connectivity index (χ2v) is 8.63. The number of fused-ring (bicyclic) bond motifs is 1. The van der Waals surface area contributed by atoms with Crippen LogP contribution in [0.5, 0.6) is 5.75 Å². The summed E-state index contributed by atoms with van der Waals surface area (Å²) in [5.41, 5.74) is 3.84. The summed E-state index contributed by atoms with van der Waals surface area (Å²) < 4.78 is 11.4. The minimum atomic E-state index is -0.652. The number of ether oxygens (including phenoxy) is 2. The molecule has 1 fully saturated rings. The van der Waals surface area contributed by atoms with Gasteiger partial charge in [-0.25, -0.2) is 0 Å². The fourth-order valence-electron chi connectivity index (χ4n) is 4.27. The average Bonchev–Trinajstić information content (AvgIpc) is 2.80. The molecule has 2 aromatic rings. The quantitative estimate of drug-likeness (QED) is 0.778. The largest absolute Gasteiger partial charge is 0.477 e. The van der Waals surface area contributed by atoms with Crippen LogP contribution in [0.1, 0.15) is 30.9 Å². The van der Waals surface area contributed by atoms with E-state index in [1.54, 1.807) is 4.90 Å². The van der Waals surface area contributed by atoms with Crippen molar-refractivity contribution >= 4 is 23.2 Å². The number of aryl methyl sites for hydroxylation is 1. The number of anilines is 2. The molecular formula is C25H31N3O4. The van der Waals surface area contributed by atoms with E-state index in [0.29, 0.717) is 44.5 Å². The number of nitrogens with zero attached hydrogens (tertiary/aromatic N) is 2. The maximum Gasteiger partial charge on any atom is 0.265 e. The lowest BCUT2D eigenvalue weighted by Crippen LogP contribution is -2.53. The van der Waals surface area contributed by atoms with Crippen molar-refractivity contribution in [3.8, 4) is 5.75 Å². The van der Waals surface area contributed by atoms with Gasteiger partial charge in [0.2, 0.25) is 5.91 Å². The Morgan fingerprint density at radius 1 is 1.09 bits per heavy atom. The topological polar surface area (TPSA) is 71.1 Å². The summed E-state index contributed by atoms with van der Waals surface area (Å²) in [5, 5.41) is 3.11. The number of nitrogens with one attached hydrogen (secondary N) is 1. The highest BCUT2D eigenvalue weighted by Crippen LogP contribution is 2.34. The summed E-state index contributed by atoms with van der Waals surface area (Å²) in [6.45, 7) is 8.89. The first kappa shape index (κ1) is 22.1. The lowest BCUT2D eigenvalue weighted by molar-refractivity contribution is -0.142. The Labute approximate surface area is 189 Å². The number of carbonyl (C=O) groups is 2. The molecule has 2 aliphatic rings. The average molecular weight is 438 g/mol. The second-order valence-electron chi connectivity index (χ2n) is 8.63. The molecule has 0 aromatic heterocycles. The van der Waals surface area contributed by atoms with Crippen molar-refractivity contribution in [1.29, 1.82) is 0 Å². The first-order chi connectivity index (χ1) is 15.4. The fraction of sp³-hybridized carbons (Fsp3) is 0.440. The van der Waals surface area contributed by atoms with Gasteiger partial charge in [-0.05, 0) is 36.1 Å². The minimum absolute atomic E-state index is 0.0609. The Balaban J connectivity index is 1.52. The molecule has 170 valence electrons. The number of benzene rings is 2. The van der Waals surface area contributed by atoms with Gasteiger partial charge < -0.3 is 24.6 Å². The van der Waals surface area contributed by atoms with Crippen LogP contribution < -0.4 is 15.0 Å². The molecule has 1 atom stereocenters. The van der Waals surface area contributed by atoms with Crippen molar-refractivity contribution in [2.45, 2.75) is 32.8 Å². The highest BCUT2D eigenvalue weighted by atomic mass is 16.5. The van der Waals surface area contributed by atoms with Gasteiger partial charge in [-0.1, -0.05) is 44.2 Å². The van der Waals surface area contributed by atoms with Gasteiger partial charge in [0.25, 0.3) is 5.91 Å². The Morgan fingerprint density at radius 3 is 2.59 bits per heavy atom. The molecule has 0 radical (unpaired) electrons. The lowest BCUT2D eigenvalue weighted by atomic mass is 9.98. The van der Waals surface area contributed by atoms with E-state index in [1.165, 1.54) is 0 Å². The fourth-order valence-corrected chi connectivity index (χ4v) is 4.27. The Kier molecular flexibility index (Phi) is 6.65. The molecule has 2 amide bonds. The third-order valence-corrected chi connectivity index (χ3v) is 5.99. The van der Waals surface area contributed by atoms with E-state index in [2.05, 4.69) is 19.2 Å². The number of rotatable bonds is 5. The zero-order chi connectivity index (χ0) is 22.7. The molecule has 0 saturated carbocycles. The summed E-state index contributed by atoms with van der Waals surface area (Å²) in [5.74, 6) is 0.742. The zero-order valence-electron chi connectivity index (χ0n) is 19.0. The summed E-state index contributed by atoms with van der Waals surface area (Å²) in [7, 11) is 0. The van der Waals surface area contributed by atoms with E-state index in [4.69, 9.17) is 9.47 Å². The number of hydrogen-bond acceptors (Lipinski definition) is 5. The van der Waals surface area contributed by atoms with E-state index in [9.17, 15) is 9.59 Å². The molecule has 1 N–H and O–H groups in total. The predicted octanol–water partition coefficient (Wildman–Crippen LogP) is 3.18. The van der Waals surface area contributed by atoms with E-state index in [-0.39, 0.29) is 18.4 Å². The maximum atomic E-state index is 13.1. The van der Waals surface area contributed by atoms with E-state index in [1.807, 2.05) is 54.3 Å². The van der Waals surface area contributed by atoms with Crippen LogP contribution in [-0.4, -0.2) is 62.2 Å². The summed E-state index contributed by atoms with van der Waals surface area (Å²) >= 11 is 0. The summed E-state index contributed by atoms with van der Waals surface area (Å²) in [4.78, 5) is 29.9. The van der Waals surface area contributed by atoms with Crippen molar-refractivity contribution in [3.63, 3.8) is 0 Å². The summed E-state index contributed by atoms with van der Waals surface area (Å²) in [6.07, 6.45) is -0.652. The highest BCUT2D eigenvalue weighted by molar-refractivity contribution is 5.96. The van der Waals surface area contributed by atoms with Crippen LogP contribution in [-0.2, 0) is 14.3 Å². The molecule has 1 saturated heterocycles. The summed E-state index contributed by atoms with van der Waals surface area (Å²) in [6, 6.07) is 13.6. The van der Waals surface area contributed by atoms with Gasteiger partial charge in [0.05, 0.1) is 32.0 Å². The van der Waals surface area contributed by atoms with Gasteiger partial charge in [-0.2, -0.15) is 0 Å². The molecule has 32 heavy (non-hydrogen) atoms. The maximum absolute atomic E-state index is 13.1. The number of hydrogen-bond donors (Lipinski definition) is 1. The molecule has 0 bridgehead atoms. The molecule has 2 aliphatic heterocycles. The second kappa shape index (κ2) is 9.61. The van der Waals surface area contributed by atoms with Crippen LogP contribution in [0.25, 0.3) is 0 Å². The van der Waals surface area contributed by atoms with Crippen LogP contribution in [0.4, 0.5) is 11.4 Å². The van der Waals surface area contributed by atoms with Gasteiger partial charge in [-0.3, -0.25) is 9.59 Å². The molecule has 0 unspecified atom stereocenters. The first-order valence-corrected chi connectivity index (χ1v) is 11.2. The standard InChI is InChI=1S/C25H31N3O4/c1-17(2)19-8-6-7-18(3)24(19)26-23(29)16-28-15-22(25(30)27-11-13-31-14-12-27)32-21-10-5-4-9-20(21)28/h4-10,17,22H,11-16H2,1-3H3,(H,26,29)/t22-/m0/s1. The molecule has 2 heterocycles. The van der Waals surface area contributed by atoms with Gasteiger partial charge in [0.15, 0.2) is 6.10 Å². The first-order valence-electron chi connectivity index (χ1n) is 11.2. The zero-order valence-corrected chi connectivity index (χ0v) is 19.0. The molecule has 0 spiro atoms. The molecule has 7 nitrogen and oxygen atoms in total. The molecule has 4 rings (SSSR count).